The number of hydrogen-bond acceptors (Lipinski definition) is 6. The van der Waals surface area contributed by atoms with Crippen LogP contribution >= 0.6 is 0 Å². The van der Waals surface area contributed by atoms with Crippen LogP contribution in [0.15, 0.2) is 36.4 Å². The summed E-state index contributed by atoms with van der Waals surface area (Å²) in [4.78, 5) is 0. The maximum Gasteiger partial charge on any atom is 0.165 e. The lowest BCUT2D eigenvalue weighted by atomic mass is 9.89. The Balaban J connectivity index is 1.85. The lowest BCUT2D eigenvalue weighted by Gasteiger charge is -2.20. The number of hydrogen-bond donors (Lipinski definition) is 2. The molecular formula is C30H36O6. The minimum atomic E-state index is -0.318. The van der Waals surface area contributed by atoms with Crippen LogP contribution in [0, 0.1) is 0 Å². The van der Waals surface area contributed by atoms with Gasteiger partial charge in [0, 0.05) is 22.6 Å². The summed E-state index contributed by atoms with van der Waals surface area (Å²) in [5.74, 6) is 2.13. The normalized spacial score (nSPS) is 16.4. The lowest BCUT2D eigenvalue weighted by molar-refractivity contribution is 0.207. The van der Waals surface area contributed by atoms with Gasteiger partial charge in [0.15, 0.2) is 34.5 Å². The first kappa shape index (κ1) is 25.5. The SMILES string of the molecule is CCCc1cc(OC)c(O)c(-c2cc(C3Oc4c(OC)cc(CCC)cc4C3C)cc(OC)c2O)c1. The number of aryl methyl sites for hydroxylation is 2. The maximum absolute atomic E-state index is 11.1. The molecule has 0 aromatic heterocycles. The first-order valence-electron chi connectivity index (χ1n) is 12.5. The monoisotopic (exact) mass is 492 g/mol. The van der Waals surface area contributed by atoms with Crippen molar-refractivity contribution in [3.63, 3.8) is 0 Å². The topological polar surface area (TPSA) is 77.4 Å². The number of phenols is 2. The zero-order valence-electron chi connectivity index (χ0n) is 22.0. The molecule has 192 valence electrons. The maximum atomic E-state index is 11.1. The molecule has 2 unspecified atom stereocenters. The summed E-state index contributed by atoms with van der Waals surface area (Å²) in [5.41, 5.74) is 5.12. The van der Waals surface area contributed by atoms with E-state index < -0.39 is 0 Å². The number of benzene rings is 3. The number of rotatable bonds is 9. The molecular weight excluding hydrogens is 456 g/mol. The van der Waals surface area contributed by atoms with E-state index in [0.29, 0.717) is 22.6 Å². The molecule has 0 bridgehead atoms. The fourth-order valence-corrected chi connectivity index (χ4v) is 5.09. The van der Waals surface area contributed by atoms with E-state index in [9.17, 15) is 10.2 Å². The fourth-order valence-electron chi connectivity index (χ4n) is 5.09. The molecule has 0 spiro atoms. The highest BCUT2D eigenvalue weighted by atomic mass is 16.5. The van der Waals surface area contributed by atoms with E-state index in [4.69, 9.17) is 18.9 Å². The van der Waals surface area contributed by atoms with Crippen molar-refractivity contribution in [3.05, 3.63) is 58.7 Å². The van der Waals surface area contributed by atoms with Gasteiger partial charge < -0.3 is 29.2 Å². The van der Waals surface area contributed by atoms with Gasteiger partial charge >= 0.3 is 0 Å². The molecule has 36 heavy (non-hydrogen) atoms. The Labute approximate surface area is 213 Å². The highest BCUT2D eigenvalue weighted by Gasteiger charge is 2.36. The summed E-state index contributed by atoms with van der Waals surface area (Å²) in [7, 11) is 4.70. The highest BCUT2D eigenvalue weighted by Crippen LogP contribution is 2.53. The van der Waals surface area contributed by atoms with Gasteiger partial charge in [-0.25, -0.2) is 0 Å². The van der Waals surface area contributed by atoms with Gasteiger partial charge in [-0.05, 0) is 59.9 Å². The van der Waals surface area contributed by atoms with Crippen LogP contribution < -0.4 is 18.9 Å². The van der Waals surface area contributed by atoms with Crippen molar-refractivity contribution in [2.24, 2.45) is 0 Å². The Bertz CT molecular complexity index is 1250. The fraction of sp³-hybridized carbons (Fsp3) is 0.400. The lowest BCUT2D eigenvalue weighted by Crippen LogP contribution is -2.08. The van der Waals surface area contributed by atoms with Crippen molar-refractivity contribution in [2.75, 3.05) is 21.3 Å². The van der Waals surface area contributed by atoms with E-state index in [-0.39, 0.29) is 23.5 Å². The van der Waals surface area contributed by atoms with Crippen molar-refractivity contribution in [1.29, 1.82) is 0 Å². The van der Waals surface area contributed by atoms with Crippen LogP contribution in [0.1, 0.15) is 67.9 Å². The average molecular weight is 493 g/mol. The molecule has 0 saturated heterocycles. The number of ether oxygens (including phenoxy) is 4. The molecule has 3 aromatic rings. The second-order valence-corrected chi connectivity index (χ2v) is 9.36. The van der Waals surface area contributed by atoms with Crippen LogP contribution in [0.25, 0.3) is 11.1 Å². The molecule has 0 saturated carbocycles. The van der Waals surface area contributed by atoms with Crippen LogP contribution in [-0.4, -0.2) is 31.5 Å². The van der Waals surface area contributed by atoms with Crippen molar-refractivity contribution in [3.8, 4) is 45.6 Å². The molecule has 1 heterocycles. The zero-order chi connectivity index (χ0) is 26.0. The van der Waals surface area contributed by atoms with E-state index in [2.05, 4.69) is 26.8 Å². The number of aromatic hydroxyl groups is 2. The van der Waals surface area contributed by atoms with Crippen LogP contribution in [-0.2, 0) is 12.8 Å². The van der Waals surface area contributed by atoms with Crippen molar-refractivity contribution >= 4 is 0 Å². The van der Waals surface area contributed by atoms with Crippen molar-refractivity contribution in [2.45, 2.75) is 58.5 Å². The largest absolute Gasteiger partial charge is 0.504 e. The Morgan fingerprint density at radius 3 is 1.83 bits per heavy atom. The summed E-state index contributed by atoms with van der Waals surface area (Å²) in [5, 5.41) is 22.1. The molecule has 6 heteroatoms. The van der Waals surface area contributed by atoms with E-state index in [1.165, 1.54) is 19.8 Å². The van der Waals surface area contributed by atoms with Crippen LogP contribution in [0.4, 0.5) is 0 Å². The first-order valence-corrected chi connectivity index (χ1v) is 12.5. The first-order chi connectivity index (χ1) is 17.4. The van der Waals surface area contributed by atoms with E-state index in [1.807, 2.05) is 24.3 Å². The Hall–Kier alpha value is -3.54. The average Bonchev–Trinajstić information content (AvgIpc) is 3.21. The molecule has 2 atom stereocenters. The summed E-state index contributed by atoms with van der Waals surface area (Å²) in [6.07, 6.45) is 3.45. The van der Waals surface area contributed by atoms with Gasteiger partial charge in [-0.2, -0.15) is 0 Å². The molecule has 0 amide bonds. The third-order valence-electron chi connectivity index (χ3n) is 6.92. The molecule has 6 nitrogen and oxygen atoms in total. The molecule has 0 fully saturated rings. The molecule has 2 N–H and O–H groups in total. The highest BCUT2D eigenvalue weighted by molar-refractivity contribution is 5.81. The molecule has 4 rings (SSSR count). The minimum absolute atomic E-state index is 0.0265. The Kier molecular flexibility index (Phi) is 7.53. The summed E-state index contributed by atoms with van der Waals surface area (Å²) >= 11 is 0. The smallest absolute Gasteiger partial charge is 0.165 e. The number of fused-ring (bicyclic) bond motifs is 1. The van der Waals surface area contributed by atoms with Gasteiger partial charge in [-0.15, -0.1) is 0 Å². The van der Waals surface area contributed by atoms with Crippen LogP contribution in [0.2, 0.25) is 0 Å². The minimum Gasteiger partial charge on any atom is -0.504 e. The summed E-state index contributed by atoms with van der Waals surface area (Å²) < 4.78 is 23.1. The zero-order valence-corrected chi connectivity index (χ0v) is 22.0. The molecule has 1 aliphatic rings. The van der Waals surface area contributed by atoms with Crippen LogP contribution in [0.3, 0.4) is 0 Å². The standard InChI is InChI=1S/C30H36O6/c1-7-9-18-11-21-17(3)29(36-30(21)26(14-18)35-6)20-15-23(28(32)25(16-20)34-5)22-12-19(10-8-2)13-24(33-4)27(22)31/h11-17,29,31-32H,7-10H2,1-6H3. The second kappa shape index (κ2) is 10.6. The van der Waals surface area contributed by atoms with E-state index in [0.717, 1.165) is 53.9 Å². The second-order valence-electron chi connectivity index (χ2n) is 9.36. The third-order valence-corrected chi connectivity index (χ3v) is 6.92. The quantitative estimate of drug-likeness (QED) is 0.337. The molecule has 0 radical (unpaired) electrons. The number of methoxy groups -OCH3 is 3. The van der Waals surface area contributed by atoms with Gasteiger partial charge in [0.1, 0.15) is 6.10 Å². The van der Waals surface area contributed by atoms with Gasteiger partial charge in [-0.1, -0.05) is 39.7 Å². The van der Waals surface area contributed by atoms with Gasteiger partial charge in [0.25, 0.3) is 0 Å². The predicted octanol–water partition coefficient (Wildman–Crippen LogP) is 6.93. The molecule has 0 aliphatic carbocycles. The van der Waals surface area contributed by atoms with Crippen molar-refractivity contribution < 1.29 is 29.2 Å². The predicted molar refractivity (Wildman–Crippen MR) is 141 cm³/mol. The van der Waals surface area contributed by atoms with Crippen LogP contribution in [0.5, 0.6) is 34.5 Å². The number of phenolic OH excluding ortho intramolecular Hbond substituents is 2. The van der Waals surface area contributed by atoms with E-state index >= 15 is 0 Å². The van der Waals surface area contributed by atoms with E-state index in [1.54, 1.807) is 13.2 Å². The van der Waals surface area contributed by atoms with Gasteiger partial charge in [-0.3, -0.25) is 0 Å². The summed E-state index contributed by atoms with van der Waals surface area (Å²) in [6.45, 7) is 6.39. The molecule has 3 aromatic carbocycles. The van der Waals surface area contributed by atoms with Gasteiger partial charge in [0.2, 0.25) is 0 Å². The summed E-state index contributed by atoms with van der Waals surface area (Å²) in [6, 6.07) is 11.6. The molecule has 1 aliphatic heterocycles. The Morgan fingerprint density at radius 1 is 0.722 bits per heavy atom. The third kappa shape index (κ3) is 4.52. The Morgan fingerprint density at radius 2 is 1.25 bits per heavy atom. The van der Waals surface area contributed by atoms with Crippen molar-refractivity contribution in [1.82, 2.24) is 0 Å². The van der Waals surface area contributed by atoms with Gasteiger partial charge in [0.05, 0.1) is 21.3 Å².